The second kappa shape index (κ2) is 8.47. The van der Waals surface area contributed by atoms with Crippen molar-refractivity contribution in [2.75, 3.05) is 40.4 Å². The lowest BCUT2D eigenvalue weighted by Gasteiger charge is -2.32. The van der Waals surface area contributed by atoms with Gasteiger partial charge in [-0.3, -0.25) is 0 Å². The molecule has 0 radical (unpaired) electrons. The Bertz CT molecular complexity index is 419. The van der Waals surface area contributed by atoms with Crippen molar-refractivity contribution in [3.63, 3.8) is 0 Å². The highest BCUT2D eigenvalue weighted by atomic mass is 19.1. The highest BCUT2D eigenvalue weighted by Gasteiger charge is 2.20. The highest BCUT2D eigenvalue weighted by molar-refractivity contribution is 5.21. The summed E-state index contributed by atoms with van der Waals surface area (Å²) in [7, 11) is 3.68. The number of likely N-dealkylation sites (tertiary alicyclic amines) is 1. The summed E-state index contributed by atoms with van der Waals surface area (Å²) in [4.78, 5) is 2.48. The molecule has 3 nitrogen and oxygen atoms in total. The van der Waals surface area contributed by atoms with Crippen LogP contribution in [-0.4, -0.2) is 45.3 Å². The van der Waals surface area contributed by atoms with E-state index < -0.39 is 0 Å². The van der Waals surface area contributed by atoms with Gasteiger partial charge in [0.25, 0.3) is 0 Å². The molecule has 0 spiro atoms. The van der Waals surface area contributed by atoms with E-state index in [0.29, 0.717) is 5.92 Å². The molecule has 1 saturated heterocycles. The Hall–Kier alpha value is -0.970. The summed E-state index contributed by atoms with van der Waals surface area (Å²) in [6.45, 7) is 4.14. The van der Waals surface area contributed by atoms with E-state index >= 15 is 0 Å². The number of methoxy groups -OCH3 is 1. The molecule has 1 unspecified atom stereocenters. The Morgan fingerprint density at radius 2 is 2.05 bits per heavy atom. The molecule has 1 heterocycles. The van der Waals surface area contributed by atoms with Gasteiger partial charge in [0.15, 0.2) is 0 Å². The molecule has 0 saturated carbocycles. The second-order valence-electron chi connectivity index (χ2n) is 5.89. The van der Waals surface area contributed by atoms with Gasteiger partial charge >= 0.3 is 0 Å². The number of hydrogen-bond acceptors (Lipinski definition) is 3. The van der Waals surface area contributed by atoms with Crippen LogP contribution in [0.25, 0.3) is 0 Å². The number of hydrogen-bond donors (Lipinski definition) is 1. The van der Waals surface area contributed by atoms with E-state index in [1.165, 1.54) is 18.9 Å². The van der Waals surface area contributed by atoms with Crippen LogP contribution in [0.4, 0.5) is 4.39 Å². The first-order valence-electron chi connectivity index (χ1n) is 7.87. The molecule has 0 aromatic heterocycles. The van der Waals surface area contributed by atoms with Gasteiger partial charge in [-0.25, -0.2) is 4.39 Å². The maximum Gasteiger partial charge on any atom is 0.127 e. The van der Waals surface area contributed by atoms with Gasteiger partial charge in [0.05, 0.1) is 0 Å². The average molecular weight is 294 g/mol. The van der Waals surface area contributed by atoms with Crippen molar-refractivity contribution < 1.29 is 9.13 Å². The molecule has 1 atom stereocenters. The summed E-state index contributed by atoms with van der Waals surface area (Å²) >= 11 is 0. The first-order valence-corrected chi connectivity index (χ1v) is 7.87. The van der Waals surface area contributed by atoms with Crippen molar-refractivity contribution in [2.45, 2.75) is 25.3 Å². The summed E-state index contributed by atoms with van der Waals surface area (Å²) in [6.07, 6.45) is 3.35. The summed E-state index contributed by atoms with van der Waals surface area (Å²) < 4.78 is 19.1. The fourth-order valence-corrected chi connectivity index (χ4v) is 3.14. The second-order valence-corrected chi connectivity index (χ2v) is 5.89. The van der Waals surface area contributed by atoms with E-state index in [1.54, 1.807) is 13.2 Å². The van der Waals surface area contributed by atoms with Gasteiger partial charge in [-0.15, -0.1) is 0 Å². The maximum atomic E-state index is 13.9. The van der Waals surface area contributed by atoms with Crippen LogP contribution in [-0.2, 0) is 4.74 Å². The molecule has 1 aromatic rings. The molecule has 1 N–H and O–H groups in total. The number of ether oxygens (including phenoxy) is 1. The number of halogens is 1. The number of nitrogens with one attached hydrogen (secondary N) is 1. The van der Waals surface area contributed by atoms with Crippen LogP contribution >= 0.6 is 0 Å². The summed E-state index contributed by atoms with van der Waals surface area (Å²) in [5, 5.41) is 3.24. The normalized spacial score (nSPS) is 18.8. The third-order valence-corrected chi connectivity index (χ3v) is 4.47. The van der Waals surface area contributed by atoms with E-state index in [2.05, 4.69) is 10.2 Å². The summed E-state index contributed by atoms with van der Waals surface area (Å²) in [5.41, 5.74) is 0.772. The van der Waals surface area contributed by atoms with Crippen molar-refractivity contribution in [3.05, 3.63) is 35.6 Å². The highest BCUT2D eigenvalue weighted by Crippen LogP contribution is 2.22. The van der Waals surface area contributed by atoms with E-state index in [4.69, 9.17) is 4.74 Å². The zero-order valence-corrected chi connectivity index (χ0v) is 13.1. The van der Waals surface area contributed by atoms with Crippen LogP contribution in [0.15, 0.2) is 24.3 Å². The minimum absolute atomic E-state index is 0.0860. The molecule has 1 aliphatic heterocycles. The molecule has 1 aliphatic rings. The summed E-state index contributed by atoms with van der Waals surface area (Å²) in [5.74, 6) is 0.591. The minimum Gasteiger partial charge on any atom is -0.384 e. The molecular weight excluding hydrogens is 267 g/mol. The van der Waals surface area contributed by atoms with Gasteiger partial charge in [0, 0.05) is 25.3 Å². The first-order chi connectivity index (χ1) is 10.2. The summed E-state index contributed by atoms with van der Waals surface area (Å²) in [6, 6.07) is 7.14. The van der Waals surface area contributed by atoms with Crippen LogP contribution in [0, 0.1) is 11.7 Å². The van der Waals surface area contributed by atoms with E-state index in [9.17, 15) is 4.39 Å². The topological polar surface area (TPSA) is 24.5 Å². The van der Waals surface area contributed by atoms with Crippen LogP contribution in [0.2, 0.25) is 0 Å². The van der Waals surface area contributed by atoms with Crippen LogP contribution in [0.1, 0.15) is 30.9 Å². The quantitative estimate of drug-likeness (QED) is 0.837. The van der Waals surface area contributed by atoms with Gasteiger partial charge in [-0.05, 0) is 57.9 Å². The van der Waals surface area contributed by atoms with Crippen molar-refractivity contribution in [2.24, 2.45) is 5.92 Å². The molecule has 1 fully saturated rings. The van der Waals surface area contributed by atoms with Crippen molar-refractivity contribution in [3.8, 4) is 0 Å². The van der Waals surface area contributed by atoms with Gasteiger partial charge < -0.3 is 15.0 Å². The van der Waals surface area contributed by atoms with Gasteiger partial charge in [0.1, 0.15) is 5.82 Å². The van der Waals surface area contributed by atoms with Crippen LogP contribution < -0.4 is 5.32 Å². The number of rotatable bonds is 7. The lowest BCUT2D eigenvalue weighted by atomic mass is 9.97. The van der Waals surface area contributed by atoms with Gasteiger partial charge in [-0.1, -0.05) is 18.2 Å². The average Bonchev–Trinajstić information content (AvgIpc) is 2.51. The van der Waals surface area contributed by atoms with Crippen molar-refractivity contribution >= 4 is 0 Å². The fourth-order valence-electron chi connectivity index (χ4n) is 3.14. The predicted octanol–water partition coefficient (Wildman–Crippen LogP) is 2.83. The molecule has 1 aromatic carbocycles. The standard InChI is InChI=1S/C17H27FN2O/c1-19-17(15-5-3-4-6-16(15)18)9-12-20-10-7-14(8-11-20)13-21-2/h3-6,14,17,19H,7-13H2,1-2H3. The number of nitrogens with zero attached hydrogens (tertiary/aromatic N) is 1. The molecule has 0 aliphatic carbocycles. The molecule has 4 heteroatoms. The Morgan fingerprint density at radius 3 is 2.67 bits per heavy atom. The van der Waals surface area contributed by atoms with E-state index in [1.807, 2.05) is 19.2 Å². The Labute approximate surface area is 127 Å². The third-order valence-electron chi connectivity index (χ3n) is 4.47. The molecular formula is C17H27FN2O. The smallest absolute Gasteiger partial charge is 0.127 e. The van der Waals surface area contributed by atoms with Crippen LogP contribution in [0.3, 0.4) is 0 Å². The van der Waals surface area contributed by atoms with Crippen LogP contribution in [0.5, 0.6) is 0 Å². The van der Waals surface area contributed by atoms with Crippen molar-refractivity contribution in [1.82, 2.24) is 10.2 Å². The fraction of sp³-hybridized carbons (Fsp3) is 0.647. The molecule has 2 rings (SSSR count). The zero-order chi connectivity index (χ0) is 15.1. The van der Waals surface area contributed by atoms with E-state index in [0.717, 1.165) is 38.2 Å². The predicted molar refractivity (Wildman–Crippen MR) is 83.9 cm³/mol. The largest absolute Gasteiger partial charge is 0.384 e. The monoisotopic (exact) mass is 294 g/mol. The zero-order valence-electron chi connectivity index (χ0n) is 13.1. The minimum atomic E-state index is -0.115. The lowest BCUT2D eigenvalue weighted by Crippen LogP contribution is -2.37. The van der Waals surface area contributed by atoms with Gasteiger partial charge in [0.2, 0.25) is 0 Å². The SMILES string of the molecule is CNC(CCN1CCC(COC)CC1)c1ccccc1F. The maximum absolute atomic E-state index is 13.9. The Kier molecular flexibility index (Phi) is 6.61. The molecule has 0 bridgehead atoms. The third kappa shape index (κ3) is 4.77. The Balaban J connectivity index is 1.81. The first kappa shape index (κ1) is 16.4. The number of piperidine rings is 1. The lowest BCUT2D eigenvalue weighted by molar-refractivity contribution is 0.0978. The van der Waals surface area contributed by atoms with E-state index in [-0.39, 0.29) is 11.9 Å². The molecule has 21 heavy (non-hydrogen) atoms. The number of benzene rings is 1. The van der Waals surface area contributed by atoms with Gasteiger partial charge in [-0.2, -0.15) is 0 Å². The molecule has 0 amide bonds. The van der Waals surface area contributed by atoms with Crippen molar-refractivity contribution in [1.29, 1.82) is 0 Å². The Morgan fingerprint density at radius 1 is 1.33 bits per heavy atom. The molecule has 118 valence electrons.